The standard InChI is InChI=1S/C14H30N.C2H4O2/c1-3-5-7-8-12-15(11-6-4-2)13-9-10-14-15;1-2(3)4/h3-14H2,1-2H3;1H3,(H,3,4)/q+1;/p-1. The molecule has 1 saturated heterocycles. The van der Waals surface area contributed by atoms with Crippen LogP contribution >= 0.6 is 0 Å². The molecule has 1 aliphatic heterocycles. The normalized spacial score (nSPS) is 16.8. The molecule has 114 valence electrons. The third-order valence-electron chi connectivity index (χ3n) is 3.99. The van der Waals surface area contributed by atoms with E-state index in [9.17, 15) is 0 Å². The van der Waals surface area contributed by atoms with Gasteiger partial charge >= 0.3 is 0 Å². The van der Waals surface area contributed by atoms with E-state index < -0.39 is 5.97 Å². The minimum Gasteiger partial charge on any atom is -0.550 e. The van der Waals surface area contributed by atoms with Crippen LogP contribution in [-0.4, -0.2) is 36.6 Å². The predicted molar refractivity (Wildman–Crippen MR) is 78.7 cm³/mol. The fourth-order valence-electron chi connectivity index (χ4n) is 2.93. The summed E-state index contributed by atoms with van der Waals surface area (Å²) in [6.45, 7) is 11.5. The van der Waals surface area contributed by atoms with E-state index in [1.807, 2.05) is 0 Å². The fraction of sp³-hybridized carbons (Fsp3) is 0.938. The summed E-state index contributed by atoms with van der Waals surface area (Å²) in [6, 6.07) is 0. The maximum Gasteiger partial charge on any atom is 0.0788 e. The van der Waals surface area contributed by atoms with Crippen LogP contribution in [-0.2, 0) is 4.79 Å². The molecule has 0 aliphatic carbocycles. The summed E-state index contributed by atoms with van der Waals surface area (Å²) in [4.78, 5) is 8.89. The number of carboxylic acid groups (broad SMARTS) is 1. The molecule has 1 aliphatic rings. The highest BCUT2D eigenvalue weighted by atomic mass is 16.4. The lowest BCUT2D eigenvalue weighted by Gasteiger charge is -2.34. The summed E-state index contributed by atoms with van der Waals surface area (Å²) in [5, 5.41) is 8.89. The van der Waals surface area contributed by atoms with E-state index in [2.05, 4.69) is 13.8 Å². The molecule has 0 aromatic rings. The van der Waals surface area contributed by atoms with E-state index in [4.69, 9.17) is 9.90 Å². The maximum absolute atomic E-state index is 8.89. The van der Waals surface area contributed by atoms with Gasteiger partial charge in [-0.05, 0) is 26.2 Å². The lowest BCUT2D eigenvalue weighted by molar-refractivity contribution is -0.917. The molecule has 1 fully saturated rings. The zero-order valence-corrected chi connectivity index (χ0v) is 13.2. The first-order valence-corrected chi connectivity index (χ1v) is 8.09. The van der Waals surface area contributed by atoms with E-state index >= 15 is 0 Å². The van der Waals surface area contributed by atoms with Crippen molar-refractivity contribution in [3.8, 4) is 0 Å². The maximum atomic E-state index is 8.89. The van der Waals surface area contributed by atoms with Crippen molar-refractivity contribution >= 4 is 5.97 Å². The molecular weight excluding hydrogens is 238 g/mol. The average molecular weight is 271 g/mol. The smallest absolute Gasteiger partial charge is 0.0788 e. The number of hydrogen-bond acceptors (Lipinski definition) is 2. The molecule has 0 amide bonds. The Labute approximate surface area is 119 Å². The van der Waals surface area contributed by atoms with Crippen LogP contribution in [0.15, 0.2) is 0 Å². The van der Waals surface area contributed by atoms with Crippen molar-refractivity contribution in [3.05, 3.63) is 0 Å². The predicted octanol–water partition coefficient (Wildman–Crippen LogP) is 2.73. The Morgan fingerprint density at radius 2 is 1.42 bits per heavy atom. The number of quaternary nitrogens is 1. The van der Waals surface area contributed by atoms with Crippen LogP contribution in [0.2, 0.25) is 0 Å². The van der Waals surface area contributed by atoms with Gasteiger partial charge in [-0.15, -0.1) is 0 Å². The molecule has 0 N–H and O–H groups in total. The summed E-state index contributed by atoms with van der Waals surface area (Å²) in [6.07, 6.45) is 11.5. The number of unbranched alkanes of at least 4 members (excludes halogenated alkanes) is 4. The minimum atomic E-state index is -1.08. The molecule has 3 nitrogen and oxygen atoms in total. The number of aliphatic carboxylic acids is 1. The third kappa shape index (κ3) is 9.94. The van der Waals surface area contributed by atoms with Crippen molar-refractivity contribution in [3.63, 3.8) is 0 Å². The van der Waals surface area contributed by atoms with Crippen LogP contribution in [0, 0.1) is 0 Å². The minimum absolute atomic E-state index is 0.972. The van der Waals surface area contributed by atoms with E-state index in [-0.39, 0.29) is 0 Å². The zero-order chi connectivity index (χ0) is 14.6. The number of carboxylic acids is 1. The SMILES string of the molecule is CC(=O)[O-].CCCCCC[N+]1(CCCC)CCCC1. The largest absolute Gasteiger partial charge is 0.550 e. The number of carbonyl (C=O) groups excluding carboxylic acids is 1. The van der Waals surface area contributed by atoms with E-state index in [0.29, 0.717) is 0 Å². The van der Waals surface area contributed by atoms with Gasteiger partial charge in [0.2, 0.25) is 0 Å². The van der Waals surface area contributed by atoms with Gasteiger partial charge in [-0.2, -0.15) is 0 Å². The van der Waals surface area contributed by atoms with Crippen LogP contribution < -0.4 is 5.11 Å². The molecule has 1 rings (SSSR count). The number of likely N-dealkylation sites (tertiary alicyclic amines) is 1. The quantitative estimate of drug-likeness (QED) is 0.503. The topological polar surface area (TPSA) is 40.1 Å². The Hall–Kier alpha value is -0.570. The van der Waals surface area contributed by atoms with Crippen LogP contribution in [0.5, 0.6) is 0 Å². The van der Waals surface area contributed by atoms with Crippen LogP contribution in [0.3, 0.4) is 0 Å². The Kier molecular flexibility index (Phi) is 10.9. The van der Waals surface area contributed by atoms with Crippen LogP contribution in [0.25, 0.3) is 0 Å². The third-order valence-corrected chi connectivity index (χ3v) is 3.99. The number of hydrogen-bond donors (Lipinski definition) is 0. The van der Waals surface area contributed by atoms with Crippen molar-refractivity contribution in [1.82, 2.24) is 0 Å². The summed E-state index contributed by atoms with van der Waals surface area (Å²) < 4.78 is 1.47. The van der Waals surface area contributed by atoms with Crippen molar-refractivity contribution in [2.45, 2.75) is 72.1 Å². The molecule has 19 heavy (non-hydrogen) atoms. The molecule has 0 aromatic carbocycles. The Balaban J connectivity index is 0.000000711. The van der Waals surface area contributed by atoms with Gasteiger partial charge in [0, 0.05) is 18.8 Å². The van der Waals surface area contributed by atoms with Gasteiger partial charge in [0.15, 0.2) is 0 Å². The first kappa shape index (κ1) is 18.4. The van der Waals surface area contributed by atoms with Crippen molar-refractivity contribution in [2.24, 2.45) is 0 Å². The van der Waals surface area contributed by atoms with Crippen molar-refractivity contribution < 1.29 is 14.4 Å². The van der Waals surface area contributed by atoms with Gasteiger partial charge < -0.3 is 14.4 Å². The van der Waals surface area contributed by atoms with Crippen LogP contribution in [0.4, 0.5) is 0 Å². The summed E-state index contributed by atoms with van der Waals surface area (Å²) in [7, 11) is 0. The Bertz CT molecular complexity index is 219. The lowest BCUT2D eigenvalue weighted by atomic mass is 10.1. The molecule has 0 radical (unpaired) electrons. The highest BCUT2D eigenvalue weighted by Crippen LogP contribution is 2.22. The lowest BCUT2D eigenvalue weighted by Crippen LogP contribution is -2.46. The van der Waals surface area contributed by atoms with Gasteiger partial charge in [-0.3, -0.25) is 0 Å². The highest BCUT2D eigenvalue weighted by molar-refractivity contribution is 5.60. The van der Waals surface area contributed by atoms with Crippen molar-refractivity contribution in [2.75, 3.05) is 26.2 Å². The molecule has 3 heteroatoms. The monoisotopic (exact) mass is 271 g/mol. The van der Waals surface area contributed by atoms with Gasteiger partial charge in [-0.25, -0.2) is 0 Å². The summed E-state index contributed by atoms with van der Waals surface area (Å²) in [5.41, 5.74) is 0. The molecule has 0 spiro atoms. The number of nitrogens with zero attached hydrogens (tertiary/aromatic N) is 1. The van der Waals surface area contributed by atoms with E-state index in [1.165, 1.54) is 82.0 Å². The number of carbonyl (C=O) groups is 1. The second-order valence-corrected chi connectivity index (χ2v) is 5.85. The molecule has 0 atom stereocenters. The summed E-state index contributed by atoms with van der Waals surface area (Å²) >= 11 is 0. The molecule has 0 unspecified atom stereocenters. The molecule has 0 bridgehead atoms. The average Bonchev–Trinajstić information content (AvgIpc) is 2.81. The fourth-order valence-corrected chi connectivity index (χ4v) is 2.93. The summed E-state index contributed by atoms with van der Waals surface area (Å²) in [5.74, 6) is -1.08. The first-order chi connectivity index (χ1) is 9.06. The zero-order valence-electron chi connectivity index (χ0n) is 13.2. The van der Waals surface area contributed by atoms with E-state index in [0.717, 1.165) is 6.92 Å². The van der Waals surface area contributed by atoms with Gasteiger partial charge in [0.1, 0.15) is 0 Å². The Morgan fingerprint density at radius 3 is 1.89 bits per heavy atom. The molecule has 0 aromatic heterocycles. The molecule has 1 heterocycles. The van der Waals surface area contributed by atoms with Crippen molar-refractivity contribution in [1.29, 1.82) is 0 Å². The second-order valence-electron chi connectivity index (χ2n) is 5.85. The second kappa shape index (κ2) is 11.3. The van der Waals surface area contributed by atoms with Gasteiger partial charge in [0.05, 0.1) is 26.2 Å². The molecular formula is C16H33NO2. The van der Waals surface area contributed by atoms with E-state index in [1.54, 1.807) is 0 Å². The first-order valence-electron chi connectivity index (χ1n) is 8.09. The van der Waals surface area contributed by atoms with Gasteiger partial charge in [0.25, 0.3) is 0 Å². The number of rotatable bonds is 8. The highest BCUT2D eigenvalue weighted by Gasteiger charge is 2.30. The van der Waals surface area contributed by atoms with Crippen LogP contribution in [0.1, 0.15) is 72.1 Å². The Morgan fingerprint density at radius 1 is 0.947 bits per heavy atom. The van der Waals surface area contributed by atoms with Gasteiger partial charge in [-0.1, -0.05) is 33.1 Å². The molecule has 0 saturated carbocycles.